The molecule has 96 valence electrons. The van der Waals surface area contributed by atoms with Crippen LogP contribution in [0, 0.1) is 0 Å². The average molecular weight is 276 g/mol. The van der Waals surface area contributed by atoms with Gasteiger partial charge in [-0.2, -0.15) is 0 Å². The molecule has 2 atom stereocenters. The molecule has 1 aromatic rings. The summed E-state index contributed by atoms with van der Waals surface area (Å²) in [5, 5.41) is 0. The van der Waals surface area contributed by atoms with Crippen LogP contribution in [-0.2, 0) is 0 Å². The Labute approximate surface area is 115 Å². The summed E-state index contributed by atoms with van der Waals surface area (Å²) in [5.41, 5.74) is 7.33. The Morgan fingerprint density at radius 1 is 1.18 bits per heavy atom. The highest BCUT2D eigenvalue weighted by Crippen LogP contribution is 2.38. The third-order valence-electron chi connectivity index (χ3n) is 3.71. The van der Waals surface area contributed by atoms with Crippen molar-refractivity contribution in [2.24, 2.45) is 5.73 Å². The second-order valence-electron chi connectivity index (χ2n) is 4.73. The zero-order chi connectivity index (χ0) is 10.3. The fraction of sp³-hybridized carbons (Fsp3) is 0.583. The minimum Gasteiger partial charge on any atom is -0.364 e. The second-order valence-corrected chi connectivity index (χ2v) is 4.73. The first kappa shape index (κ1) is 14.6. The van der Waals surface area contributed by atoms with Crippen molar-refractivity contribution >= 4 is 30.5 Å². The van der Waals surface area contributed by atoms with Crippen LogP contribution >= 0.6 is 24.8 Å². The highest BCUT2D eigenvalue weighted by Gasteiger charge is 2.39. The van der Waals surface area contributed by atoms with Gasteiger partial charge < -0.3 is 10.6 Å². The first-order valence-electron chi connectivity index (χ1n) is 5.78. The quantitative estimate of drug-likeness (QED) is 0.856. The van der Waals surface area contributed by atoms with E-state index in [0.29, 0.717) is 18.1 Å². The highest BCUT2D eigenvalue weighted by molar-refractivity contribution is 5.85. The molecule has 2 bridgehead atoms. The van der Waals surface area contributed by atoms with Crippen LogP contribution in [-0.4, -0.2) is 23.1 Å². The summed E-state index contributed by atoms with van der Waals surface area (Å²) in [4.78, 5) is 6.74. The minimum atomic E-state index is 0. The summed E-state index contributed by atoms with van der Waals surface area (Å²) in [5.74, 6) is 0. The van der Waals surface area contributed by atoms with Crippen molar-refractivity contribution in [3.05, 3.63) is 24.5 Å². The van der Waals surface area contributed by atoms with Gasteiger partial charge in [0.1, 0.15) is 0 Å². The third kappa shape index (κ3) is 2.67. The Balaban J connectivity index is 0.000000722. The number of anilines is 1. The van der Waals surface area contributed by atoms with Crippen LogP contribution in [0.2, 0.25) is 0 Å². The largest absolute Gasteiger partial charge is 0.364 e. The molecule has 2 aliphatic heterocycles. The third-order valence-corrected chi connectivity index (χ3v) is 3.71. The van der Waals surface area contributed by atoms with Gasteiger partial charge in [0.15, 0.2) is 0 Å². The first-order valence-corrected chi connectivity index (χ1v) is 5.78. The van der Waals surface area contributed by atoms with E-state index in [1.54, 1.807) is 0 Å². The topological polar surface area (TPSA) is 42.1 Å². The lowest BCUT2D eigenvalue weighted by Gasteiger charge is -2.39. The Kier molecular flexibility index (Phi) is 5.04. The number of halogens is 2. The molecular weight excluding hydrogens is 257 g/mol. The van der Waals surface area contributed by atoms with Gasteiger partial charge in [-0.15, -0.1) is 24.8 Å². The molecule has 17 heavy (non-hydrogen) atoms. The standard InChI is InChI=1S/C12H17N3.2ClH/c13-9-6-10-3-4-11(7-9)15(10)12-2-1-5-14-8-12;;/h1-2,5,8-11H,3-4,6-7,13H2;2*1H. The van der Waals surface area contributed by atoms with E-state index in [0.717, 1.165) is 12.8 Å². The molecule has 0 amide bonds. The van der Waals surface area contributed by atoms with Crippen molar-refractivity contribution in [1.82, 2.24) is 4.98 Å². The summed E-state index contributed by atoms with van der Waals surface area (Å²) >= 11 is 0. The Morgan fingerprint density at radius 2 is 1.82 bits per heavy atom. The van der Waals surface area contributed by atoms with Crippen molar-refractivity contribution < 1.29 is 0 Å². The predicted octanol–water partition coefficient (Wildman–Crippen LogP) is 2.38. The Hall–Kier alpha value is -0.510. The zero-order valence-electron chi connectivity index (χ0n) is 9.66. The van der Waals surface area contributed by atoms with E-state index in [9.17, 15) is 0 Å². The van der Waals surface area contributed by atoms with Gasteiger partial charge in [-0.25, -0.2) is 0 Å². The summed E-state index contributed by atoms with van der Waals surface area (Å²) in [6, 6.07) is 5.90. The molecule has 2 aliphatic rings. The maximum Gasteiger partial charge on any atom is 0.0557 e. The molecule has 2 fully saturated rings. The molecule has 0 saturated carbocycles. The van der Waals surface area contributed by atoms with Gasteiger partial charge >= 0.3 is 0 Å². The second kappa shape index (κ2) is 5.89. The summed E-state index contributed by atoms with van der Waals surface area (Å²) in [6.45, 7) is 0. The van der Waals surface area contributed by atoms with Crippen molar-refractivity contribution in [2.45, 2.75) is 43.8 Å². The van der Waals surface area contributed by atoms with Gasteiger partial charge in [-0.05, 0) is 37.8 Å². The molecule has 2 saturated heterocycles. The molecule has 0 radical (unpaired) electrons. The smallest absolute Gasteiger partial charge is 0.0557 e. The van der Waals surface area contributed by atoms with Crippen LogP contribution in [0.3, 0.4) is 0 Å². The molecule has 2 unspecified atom stereocenters. The zero-order valence-corrected chi connectivity index (χ0v) is 11.3. The van der Waals surface area contributed by atoms with Crippen LogP contribution in [0.1, 0.15) is 25.7 Å². The van der Waals surface area contributed by atoms with Gasteiger partial charge in [-0.3, -0.25) is 4.98 Å². The monoisotopic (exact) mass is 275 g/mol. The maximum atomic E-state index is 6.05. The van der Waals surface area contributed by atoms with Gasteiger partial charge in [0, 0.05) is 24.3 Å². The average Bonchev–Trinajstić information content (AvgIpc) is 2.53. The van der Waals surface area contributed by atoms with Crippen LogP contribution in [0.4, 0.5) is 5.69 Å². The number of aromatic nitrogens is 1. The molecule has 3 rings (SSSR count). The number of pyridine rings is 1. The number of fused-ring (bicyclic) bond motifs is 2. The van der Waals surface area contributed by atoms with E-state index in [1.165, 1.54) is 18.5 Å². The maximum absolute atomic E-state index is 6.05. The molecule has 0 aliphatic carbocycles. The summed E-state index contributed by atoms with van der Waals surface area (Å²) < 4.78 is 0. The number of nitrogens with two attached hydrogens (primary N) is 1. The van der Waals surface area contributed by atoms with Crippen LogP contribution in [0.15, 0.2) is 24.5 Å². The van der Waals surface area contributed by atoms with E-state index in [4.69, 9.17) is 5.73 Å². The molecule has 0 spiro atoms. The van der Waals surface area contributed by atoms with Crippen molar-refractivity contribution in [3.8, 4) is 0 Å². The molecule has 3 nitrogen and oxygen atoms in total. The molecule has 2 N–H and O–H groups in total. The van der Waals surface area contributed by atoms with Gasteiger partial charge in [0.05, 0.1) is 11.9 Å². The normalized spacial score (nSPS) is 30.4. The number of rotatable bonds is 1. The van der Waals surface area contributed by atoms with E-state index in [-0.39, 0.29) is 24.8 Å². The van der Waals surface area contributed by atoms with E-state index < -0.39 is 0 Å². The molecule has 5 heteroatoms. The summed E-state index contributed by atoms with van der Waals surface area (Å²) in [6.07, 6.45) is 8.70. The number of nitrogens with zero attached hydrogens (tertiary/aromatic N) is 2. The Morgan fingerprint density at radius 3 is 2.35 bits per heavy atom. The lowest BCUT2D eigenvalue weighted by atomic mass is 9.98. The van der Waals surface area contributed by atoms with Crippen molar-refractivity contribution in [3.63, 3.8) is 0 Å². The fourth-order valence-electron chi connectivity index (χ4n) is 3.15. The summed E-state index contributed by atoms with van der Waals surface area (Å²) in [7, 11) is 0. The number of piperidine rings is 1. The fourth-order valence-corrected chi connectivity index (χ4v) is 3.15. The van der Waals surface area contributed by atoms with E-state index in [2.05, 4.69) is 16.0 Å². The predicted molar refractivity (Wildman–Crippen MR) is 75.2 cm³/mol. The Bertz CT molecular complexity index is 333. The molecule has 1 aromatic heterocycles. The minimum absolute atomic E-state index is 0. The molecular formula is C12H19Cl2N3. The molecule has 0 aromatic carbocycles. The van der Waals surface area contributed by atoms with Crippen molar-refractivity contribution in [2.75, 3.05) is 4.90 Å². The lowest BCUT2D eigenvalue weighted by Crippen LogP contribution is -2.47. The van der Waals surface area contributed by atoms with E-state index in [1.807, 2.05) is 18.5 Å². The molecule has 3 heterocycles. The van der Waals surface area contributed by atoms with Crippen molar-refractivity contribution in [1.29, 1.82) is 0 Å². The SMILES string of the molecule is Cl.Cl.NC1CC2CCC(C1)N2c1cccnc1. The lowest BCUT2D eigenvalue weighted by molar-refractivity contribution is 0.414. The van der Waals surface area contributed by atoms with Crippen LogP contribution in [0.5, 0.6) is 0 Å². The number of hydrogen-bond donors (Lipinski definition) is 1. The van der Waals surface area contributed by atoms with Gasteiger partial charge in [0.25, 0.3) is 0 Å². The van der Waals surface area contributed by atoms with Gasteiger partial charge in [-0.1, -0.05) is 0 Å². The van der Waals surface area contributed by atoms with Crippen LogP contribution in [0.25, 0.3) is 0 Å². The highest BCUT2D eigenvalue weighted by atomic mass is 35.5. The van der Waals surface area contributed by atoms with Gasteiger partial charge in [0.2, 0.25) is 0 Å². The van der Waals surface area contributed by atoms with E-state index >= 15 is 0 Å². The van der Waals surface area contributed by atoms with Crippen LogP contribution < -0.4 is 10.6 Å². The first-order chi connectivity index (χ1) is 7.34. The number of hydrogen-bond acceptors (Lipinski definition) is 3.